The van der Waals surface area contributed by atoms with Gasteiger partial charge in [-0.15, -0.1) is 0 Å². The van der Waals surface area contributed by atoms with Gasteiger partial charge in [0.25, 0.3) is 0 Å². The van der Waals surface area contributed by atoms with E-state index in [9.17, 15) is 0 Å². The third kappa shape index (κ3) is 5.56. The average Bonchev–Trinajstić information content (AvgIpc) is 3.28. The van der Waals surface area contributed by atoms with Gasteiger partial charge in [0.05, 0.1) is 46.2 Å². The van der Waals surface area contributed by atoms with Crippen molar-refractivity contribution in [1.82, 2.24) is 34.6 Å². The van der Waals surface area contributed by atoms with E-state index in [1.54, 1.807) is 25.7 Å². The molecule has 0 spiro atoms. The predicted molar refractivity (Wildman–Crippen MR) is 189 cm³/mol. The molecule has 0 bridgehead atoms. The van der Waals surface area contributed by atoms with Crippen LogP contribution in [0.2, 0.25) is 0 Å². The largest absolute Gasteiger partial charge is 0.494 e. The summed E-state index contributed by atoms with van der Waals surface area (Å²) < 4.78 is 8.64. The standard InChI is InChI=1S/C31H34BrN10OPS/c1-40-16-18(17-40)42-11-8-25-20(14-36-41(25)2)19-12-24(27(43-3)13-26(19)42)38-31-35-15-21(32)30(39-31)37-23-7-6-22-28(34-10-9-33-22)29(23)44(4,5)45/h6-7,9-10,12-15,18H,8,11,16-17H2,1-5H3,(H2,35,37,38,39). The maximum absolute atomic E-state index is 6.01. The molecule has 0 unspecified atom stereocenters. The lowest BCUT2D eigenvalue weighted by Crippen LogP contribution is -2.58. The number of nitrogens with zero attached hydrogens (tertiary/aromatic N) is 8. The van der Waals surface area contributed by atoms with Crippen molar-refractivity contribution in [3.63, 3.8) is 0 Å². The van der Waals surface area contributed by atoms with Gasteiger partial charge in [0.1, 0.15) is 11.6 Å². The molecular formula is C31H34BrN10OPS. The molecule has 1 fully saturated rings. The van der Waals surface area contributed by atoms with Crippen LogP contribution in [0.25, 0.3) is 22.2 Å². The van der Waals surface area contributed by atoms with Crippen LogP contribution < -0.4 is 25.6 Å². The Kier molecular flexibility index (Phi) is 7.76. The maximum Gasteiger partial charge on any atom is 0.229 e. The number of fused-ring (bicyclic) bond motifs is 4. The van der Waals surface area contributed by atoms with Gasteiger partial charge in [0.2, 0.25) is 5.95 Å². The highest BCUT2D eigenvalue weighted by atomic mass is 79.9. The molecule has 3 aromatic heterocycles. The quantitative estimate of drug-likeness (QED) is 0.221. The first-order chi connectivity index (χ1) is 21.6. The summed E-state index contributed by atoms with van der Waals surface area (Å²) in [5.74, 6) is 1.74. The van der Waals surface area contributed by atoms with E-state index in [-0.39, 0.29) is 0 Å². The highest BCUT2D eigenvalue weighted by molar-refractivity contribution is 9.10. The summed E-state index contributed by atoms with van der Waals surface area (Å²) >= 11 is 9.64. The number of hydrogen-bond donors (Lipinski definition) is 2. The Morgan fingerprint density at radius 2 is 1.80 bits per heavy atom. The molecule has 45 heavy (non-hydrogen) atoms. The molecular weight excluding hydrogens is 671 g/mol. The lowest BCUT2D eigenvalue weighted by molar-refractivity contribution is 0.183. The first kappa shape index (κ1) is 30.0. The van der Waals surface area contributed by atoms with Crippen LogP contribution >= 0.6 is 22.0 Å². The van der Waals surface area contributed by atoms with Crippen LogP contribution in [-0.4, -0.2) is 87.8 Å². The van der Waals surface area contributed by atoms with Gasteiger partial charge < -0.3 is 25.2 Å². The lowest BCUT2D eigenvalue weighted by atomic mass is 10.0. The van der Waals surface area contributed by atoms with Crippen LogP contribution in [0.3, 0.4) is 0 Å². The smallest absolute Gasteiger partial charge is 0.229 e. The third-order valence-corrected chi connectivity index (χ3v) is 11.1. The number of ether oxygens (including phenoxy) is 1. The van der Waals surface area contributed by atoms with Gasteiger partial charge in [0.15, 0.2) is 0 Å². The zero-order valence-corrected chi connectivity index (χ0v) is 29.0. The Balaban J connectivity index is 1.27. The molecule has 14 heteroatoms. The number of anilines is 5. The summed E-state index contributed by atoms with van der Waals surface area (Å²) in [5, 5.41) is 12.5. The Morgan fingerprint density at radius 3 is 2.56 bits per heavy atom. The summed E-state index contributed by atoms with van der Waals surface area (Å²) in [6.07, 6.45) is 8.02. The fraction of sp³-hybridized carbons (Fsp3) is 0.323. The van der Waals surface area contributed by atoms with Crippen molar-refractivity contribution in [2.45, 2.75) is 12.5 Å². The molecule has 5 heterocycles. The molecule has 0 saturated carbocycles. The molecule has 2 aliphatic rings. The monoisotopic (exact) mass is 704 g/mol. The van der Waals surface area contributed by atoms with E-state index in [4.69, 9.17) is 21.5 Å². The number of methoxy groups -OCH3 is 1. The molecule has 232 valence electrons. The Bertz CT molecular complexity index is 1990. The summed E-state index contributed by atoms with van der Waals surface area (Å²) in [6, 6.07) is 6.75. The fourth-order valence-corrected chi connectivity index (χ4v) is 8.53. The molecule has 7 rings (SSSR count). The lowest BCUT2D eigenvalue weighted by Gasteiger charge is -2.45. The van der Waals surface area contributed by atoms with Crippen LogP contribution in [0.15, 0.2) is 53.5 Å². The van der Waals surface area contributed by atoms with Gasteiger partial charge in [0, 0.05) is 85.6 Å². The predicted octanol–water partition coefficient (Wildman–Crippen LogP) is 5.12. The number of benzene rings is 2. The zero-order chi connectivity index (χ0) is 31.5. The van der Waals surface area contributed by atoms with Gasteiger partial charge in [-0.2, -0.15) is 10.1 Å². The average molecular weight is 706 g/mol. The van der Waals surface area contributed by atoms with Gasteiger partial charge in [-0.3, -0.25) is 14.6 Å². The number of halogens is 1. The molecule has 0 amide bonds. The molecule has 0 aliphatic carbocycles. The van der Waals surface area contributed by atoms with E-state index >= 15 is 0 Å². The normalized spacial score (nSPS) is 15.3. The van der Waals surface area contributed by atoms with E-state index in [0.29, 0.717) is 28.0 Å². The molecule has 1 saturated heterocycles. The van der Waals surface area contributed by atoms with Crippen LogP contribution in [0, 0.1) is 0 Å². The Hall–Kier alpha value is -3.64. The summed E-state index contributed by atoms with van der Waals surface area (Å²) in [6.45, 7) is 7.19. The first-order valence-corrected chi connectivity index (χ1v) is 19.1. The molecule has 5 aromatic rings. The number of nitrogens with one attached hydrogen (secondary N) is 2. The molecule has 2 N–H and O–H groups in total. The van der Waals surface area contributed by atoms with Gasteiger partial charge in [-0.05, 0) is 60.5 Å². The first-order valence-electron chi connectivity index (χ1n) is 14.6. The van der Waals surface area contributed by atoms with Gasteiger partial charge in [-0.25, -0.2) is 4.98 Å². The summed E-state index contributed by atoms with van der Waals surface area (Å²) in [5.41, 5.74) is 7.87. The number of hydrogen-bond acceptors (Lipinski definition) is 11. The van der Waals surface area contributed by atoms with Crippen molar-refractivity contribution in [3.05, 3.63) is 59.2 Å². The molecule has 0 radical (unpaired) electrons. The molecule has 11 nitrogen and oxygen atoms in total. The van der Waals surface area contributed by atoms with E-state index in [0.717, 1.165) is 70.6 Å². The SMILES string of the molecule is COc1cc2c(cc1Nc1ncc(Br)c(Nc3ccc4nccnc4c3P(C)(C)=S)n1)-c1cnn(C)c1CCN2C1CN(C)C1. The molecule has 2 aliphatic heterocycles. The number of aromatic nitrogens is 6. The minimum atomic E-state index is -1.92. The van der Waals surface area contributed by atoms with Crippen molar-refractivity contribution in [2.24, 2.45) is 7.05 Å². The van der Waals surface area contributed by atoms with E-state index in [2.05, 4.69) is 88.9 Å². The second kappa shape index (κ2) is 11.6. The van der Waals surface area contributed by atoms with E-state index in [1.807, 2.05) is 30.1 Å². The second-order valence-electron chi connectivity index (χ2n) is 11.9. The Labute approximate surface area is 275 Å². The van der Waals surface area contributed by atoms with Crippen LogP contribution in [0.5, 0.6) is 5.75 Å². The maximum atomic E-state index is 6.01. The van der Waals surface area contributed by atoms with Gasteiger partial charge >= 0.3 is 0 Å². The molecule has 2 aromatic carbocycles. The topological polar surface area (TPSA) is 109 Å². The highest BCUT2D eigenvalue weighted by Crippen LogP contribution is 2.45. The van der Waals surface area contributed by atoms with Crippen molar-refractivity contribution in [2.75, 3.05) is 62.7 Å². The van der Waals surface area contributed by atoms with Crippen molar-refractivity contribution < 1.29 is 4.74 Å². The molecule has 0 atom stereocenters. The summed E-state index contributed by atoms with van der Waals surface area (Å²) in [7, 11) is 5.87. The Morgan fingerprint density at radius 1 is 1.00 bits per heavy atom. The minimum Gasteiger partial charge on any atom is -0.494 e. The fourth-order valence-electron chi connectivity index (χ4n) is 6.29. The van der Waals surface area contributed by atoms with Crippen molar-refractivity contribution in [1.29, 1.82) is 0 Å². The van der Waals surface area contributed by atoms with Crippen molar-refractivity contribution >= 4 is 78.9 Å². The van der Waals surface area contributed by atoms with E-state index < -0.39 is 6.04 Å². The number of likely N-dealkylation sites (tertiary alicyclic amines) is 1. The third-order valence-electron chi connectivity index (χ3n) is 8.45. The van der Waals surface area contributed by atoms with Gasteiger partial charge in [-0.1, -0.05) is 11.8 Å². The van der Waals surface area contributed by atoms with E-state index in [1.165, 1.54) is 5.69 Å². The van der Waals surface area contributed by atoms with Crippen molar-refractivity contribution in [3.8, 4) is 16.9 Å². The summed E-state index contributed by atoms with van der Waals surface area (Å²) in [4.78, 5) is 23.4. The van der Waals surface area contributed by atoms with Crippen LogP contribution in [-0.2, 0) is 25.3 Å². The number of aryl methyl sites for hydroxylation is 1. The second-order valence-corrected chi connectivity index (χ2v) is 18.6. The van der Waals surface area contributed by atoms with Crippen LogP contribution in [0.1, 0.15) is 5.69 Å². The highest BCUT2D eigenvalue weighted by Gasteiger charge is 2.34. The number of rotatable bonds is 7. The van der Waals surface area contributed by atoms with Crippen LogP contribution in [0.4, 0.5) is 28.8 Å². The zero-order valence-electron chi connectivity index (χ0n) is 25.7. The minimum absolute atomic E-state index is 0.422. The number of likely N-dealkylation sites (N-methyl/N-ethyl adjacent to an activating group) is 1.